The van der Waals surface area contributed by atoms with Crippen LogP contribution in [-0.4, -0.2) is 35.9 Å². The summed E-state index contributed by atoms with van der Waals surface area (Å²) in [4.78, 5) is 21.0. The Hall–Kier alpha value is -2.43. The molecule has 0 unspecified atom stereocenters. The van der Waals surface area contributed by atoms with E-state index in [0.29, 0.717) is 11.1 Å². The highest BCUT2D eigenvalue weighted by molar-refractivity contribution is 5.95. The summed E-state index contributed by atoms with van der Waals surface area (Å²) in [6.07, 6.45) is 3.58. The molecule has 1 heterocycles. The molecule has 1 amide bonds. The number of pyridine rings is 1. The molecule has 1 aliphatic carbocycles. The minimum Gasteiger partial charge on any atom is -0.363 e. The normalized spacial score (nSPS) is 15.0. The van der Waals surface area contributed by atoms with Crippen LogP contribution in [0.3, 0.4) is 0 Å². The Morgan fingerprint density at radius 3 is 2.58 bits per heavy atom. The molecule has 1 aliphatic rings. The van der Waals surface area contributed by atoms with Crippen molar-refractivity contribution in [1.29, 1.82) is 0 Å². The molecule has 1 saturated carbocycles. The predicted octanol–water partition coefficient (Wildman–Crippen LogP) is 3.65. The lowest BCUT2D eigenvalue weighted by atomic mass is 10.0. The van der Waals surface area contributed by atoms with Gasteiger partial charge < -0.3 is 9.80 Å². The number of aromatic nitrogens is 1. The maximum Gasteiger partial charge on any atom is 0.254 e. The molecule has 5 heteroatoms. The number of anilines is 1. The van der Waals surface area contributed by atoms with Crippen LogP contribution in [0.2, 0.25) is 0 Å². The van der Waals surface area contributed by atoms with E-state index in [2.05, 4.69) is 4.98 Å². The van der Waals surface area contributed by atoms with Crippen molar-refractivity contribution in [3.8, 4) is 0 Å². The lowest BCUT2D eigenvalue weighted by Gasteiger charge is -2.30. The zero-order valence-corrected chi connectivity index (χ0v) is 14.2. The van der Waals surface area contributed by atoms with Gasteiger partial charge in [-0.25, -0.2) is 9.37 Å². The monoisotopic (exact) mass is 327 g/mol. The van der Waals surface area contributed by atoms with Crippen molar-refractivity contribution in [3.05, 3.63) is 59.5 Å². The Morgan fingerprint density at radius 2 is 1.96 bits per heavy atom. The van der Waals surface area contributed by atoms with Gasteiger partial charge in [-0.15, -0.1) is 0 Å². The van der Waals surface area contributed by atoms with Gasteiger partial charge in [0.05, 0.1) is 6.04 Å². The number of rotatable bonds is 5. The van der Waals surface area contributed by atoms with E-state index in [1.807, 2.05) is 30.8 Å². The van der Waals surface area contributed by atoms with Crippen LogP contribution in [0.1, 0.15) is 41.7 Å². The molecule has 1 aromatic heterocycles. The Labute approximate surface area is 141 Å². The molecule has 1 atom stereocenters. The lowest BCUT2D eigenvalue weighted by Crippen LogP contribution is -2.36. The van der Waals surface area contributed by atoms with Gasteiger partial charge in [-0.1, -0.05) is 18.2 Å². The van der Waals surface area contributed by atoms with Gasteiger partial charge in [0.25, 0.3) is 5.91 Å². The van der Waals surface area contributed by atoms with E-state index in [1.54, 1.807) is 36.5 Å². The molecule has 0 bridgehead atoms. The molecule has 0 aliphatic heterocycles. The SMILES string of the molecule is C[C@H](c1ccccc1F)N(C(=O)c1ccnc(N(C)C)c1)C1CC1. The van der Waals surface area contributed by atoms with Crippen LogP contribution in [0.5, 0.6) is 0 Å². The molecule has 1 fully saturated rings. The first kappa shape index (κ1) is 16.4. The molecular weight excluding hydrogens is 305 g/mol. The summed E-state index contributed by atoms with van der Waals surface area (Å²) in [6.45, 7) is 1.89. The van der Waals surface area contributed by atoms with E-state index in [-0.39, 0.29) is 23.8 Å². The minimum atomic E-state index is -0.304. The van der Waals surface area contributed by atoms with Crippen LogP contribution < -0.4 is 4.90 Å². The molecule has 3 rings (SSSR count). The largest absolute Gasteiger partial charge is 0.363 e. The van der Waals surface area contributed by atoms with E-state index in [4.69, 9.17) is 0 Å². The minimum absolute atomic E-state index is 0.0706. The first-order valence-corrected chi connectivity index (χ1v) is 8.19. The van der Waals surface area contributed by atoms with E-state index >= 15 is 0 Å². The lowest BCUT2D eigenvalue weighted by molar-refractivity contribution is 0.0671. The number of halogens is 1. The summed E-state index contributed by atoms with van der Waals surface area (Å²) in [6, 6.07) is 10.1. The zero-order valence-electron chi connectivity index (χ0n) is 14.2. The summed E-state index contributed by atoms with van der Waals surface area (Å²) in [7, 11) is 3.77. The Kier molecular flexibility index (Phi) is 4.51. The number of carbonyl (C=O) groups excluding carboxylic acids is 1. The maximum atomic E-state index is 14.2. The highest BCUT2D eigenvalue weighted by atomic mass is 19.1. The quantitative estimate of drug-likeness (QED) is 0.841. The second kappa shape index (κ2) is 6.59. The van der Waals surface area contributed by atoms with Gasteiger partial charge in [0.15, 0.2) is 0 Å². The van der Waals surface area contributed by atoms with E-state index in [0.717, 1.165) is 18.7 Å². The van der Waals surface area contributed by atoms with Crippen LogP contribution in [0, 0.1) is 5.82 Å². The molecule has 126 valence electrons. The maximum absolute atomic E-state index is 14.2. The molecule has 24 heavy (non-hydrogen) atoms. The van der Waals surface area contributed by atoms with Crippen molar-refractivity contribution in [2.45, 2.75) is 31.8 Å². The molecule has 0 N–H and O–H groups in total. The van der Waals surface area contributed by atoms with Crippen LogP contribution in [0.25, 0.3) is 0 Å². The average molecular weight is 327 g/mol. The topological polar surface area (TPSA) is 36.4 Å². The molecule has 2 aromatic rings. The van der Waals surface area contributed by atoms with Crippen molar-refractivity contribution in [3.63, 3.8) is 0 Å². The molecule has 1 aromatic carbocycles. The van der Waals surface area contributed by atoms with Crippen LogP contribution in [-0.2, 0) is 0 Å². The summed E-state index contributed by atoms with van der Waals surface area (Å²) in [5, 5.41) is 0. The van der Waals surface area contributed by atoms with Crippen molar-refractivity contribution < 1.29 is 9.18 Å². The second-order valence-corrected chi connectivity index (χ2v) is 6.44. The highest BCUT2D eigenvalue weighted by Crippen LogP contribution is 2.36. The third-order valence-electron chi connectivity index (χ3n) is 4.40. The fourth-order valence-electron chi connectivity index (χ4n) is 2.92. The fourth-order valence-corrected chi connectivity index (χ4v) is 2.92. The van der Waals surface area contributed by atoms with E-state index in [9.17, 15) is 9.18 Å². The fraction of sp³-hybridized carbons (Fsp3) is 0.368. The van der Waals surface area contributed by atoms with Crippen LogP contribution in [0.15, 0.2) is 42.6 Å². The molecular formula is C19H22FN3O. The number of benzene rings is 1. The third kappa shape index (κ3) is 3.25. The second-order valence-electron chi connectivity index (χ2n) is 6.44. The molecule has 0 spiro atoms. The Bertz CT molecular complexity index is 743. The smallest absolute Gasteiger partial charge is 0.254 e. The Morgan fingerprint density at radius 1 is 1.25 bits per heavy atom. The summed E-state index contributed by atoms with van der Waals surface area (Å²) < 4.78 is 14.2. The van der Waals surface area contributed by atoms with Crippen molar-refractivity contribution >= 4 is 11.7 Å². The molecule has 0 radical (unpaired) electrons. The number of nitrogens with zero attached hydrogens (tertiary/aromatic N) is 3. The highest BCUT2D eigenvalue weighted by Gasteiger charge is 2.37. The van der Waals surface area contributed by atoms with E-state index in [1.165, 1.54) is 6.07 Å². The van der Waals surface area contributed by atoms with Gasteiger partial charge >= 0.3 is 0 Å². The van der Waals surface area contributed by atoms with Gasteiger partial charge in [-0.05, 0) is 38.0 Å². The third-order valence-corrected chi connectivity index (χ3v) is 4.40. The summed E-state index contributed by atoms with van der Waals surface area (Å²) in [5.74, 6) is 0.390. The van der Waals surface area contributed by atoms with Crippen LogP contribution >= 0.6 is 0 Å². The first-order valence-electron chi connectivity index (χ1n) is 8.19. The zero-order chi connectivity index (χ0) is 17.3. The van der Waals surface area contributed by atoms with Gasteiger partial charge in [0.2, 0.25) is 0 Å². The average Bonchev–Trinajstić information content (AvgIpc) is 3.40. The van der Waals surface area contributed by atoms with Crippen molar-refractivity contribution in [2.24, 2.45) is 0 Å². The Balaban J connectivity index is 1.92. The number of amides is 1. The summed E-state index contributed by atoms with van der Waals surface area (Å²) in [5.41, 5.74) is 1.14. The number of carbonyl (C=O) groups is 1. The molecule has 0 saturated heterocycles. The van der Waals surface area contributed by atoms with Crippen LogP contribution in [0.4, 0.5) is 10.2 Å². The van der Waals surface area contributed by atoms with Gasteiger partial charge in [0.1, 0.15) is 11.6 Å². The van der Waals surface area contributed by atoms with Crippen molar-refractivity contribution in [2.75, 3.05) is 19.0 Å². The summed E-state index contributed by atoms with van der Waals surface area (Å²) >= 11 is 0. The number of hydrogen-bond acceptors (Lipinski definition) is 3. The molecule has 4 nitrogen and oxygen atoms in total. The van der Waals surface area contributed by atoms with Gasteiger partial charge in [-0.3, -0.25) is 4.79 Å². The van der Waals surface area contributed by atoms with E-state index < -0.39 is 0 Å². The van der Waals surface area contributed by atoms with Crippen molar-refractivity contribution in [1.82, 2.24) is 9.88 Å². The first-order chi connectivity index (χ1) is 11.5. The number of hydrogen-bond donors (Lipinski definition) is 0. The standard InChI is InChI=1S/C19H22FN3O/c1-13(16-6-4-5-7-17(16)20)23(15-8-9-15)19(24)14-10-11-21-18(12-14)22(2)3/h4-7,10-13,15H,8-9H2,1-3H3/t13-/m1/s1. The van der Waals surface area contributed by atoms with Gasteiger partial charge in [-0.2, -0.15) is 0 Å². The van der Waals surface area contributed by atoms with Gasteiger partial charge in [0, 0.05) is 37.5 Å². The predicted molar refractivity (Wildman–Crippen MR) is 92.6 cm³/mol.